The zero-order valence-electron chi connectivity index (χ0n) is 22.1. The Hall–Kier alpha value is -2.96. The van der Waals surface area contributed by atoms with Crippen LogP contribution in [0.5, 0.6) is 0 Å². The molecule has 21 heteroatoms. The van der Waals surface area contributed by atoms with Crippen molar-refractivity contribution in [2.75, 3.05) is 31.7 Å². The van der Waals surface area contributed by atoms with Crippen LogP contribution in [0.3, 0.4) is 0 Å². The number of aliphatic hydroxyl groups excluding tert-OH is 1. The Labute approximate surface area is 244 Å². The molecule has 10 atom stereocenters. The van der Waals surface area contributed by atoms with Gasteiger partial charge in [0.1, 0.15) is 17.8 Å². The first-order chi connectivity index (χ1) is 20.8. The summed E-state index contributed by atoms with van der Waals surface area (Å²) in [4.78, 5) is 50.5. The lowest BCUT2D eigenvalue weighted by Gasteiger charge is -2.43. The second kappa shape index (κ2) is 11.2. The van der Waals surface area contributed by atoms with Crippen LogP contribution in [0, 0.1) is 5.92 Å². The molecule has 19 nitrogen and oxygen atoms in total. The summed E-state index contributed by atoms with van der Waals surface area (Å²) >= 11 is 0. The number of aromatic nitrogens is 8. The van der Waals surface area contributed by atoms with Crippen molar-refractivity contribution in [1.82, 2.24) is 39.0 Å². The van der Waals surface area contributed by atoms with E-state index in [1.165, 1.54) is 28.1 Å². The third-order valence-corrected chi connectivity index (χ3v) is 9.28. The Bertz CT molecular complexity index is 1760. The molecule has 4 aromatic heterocycles. The van der Waals surface area contributed by atoms with E-state index in [2.05, 4.69) is 39.4 Å². The molecule has 3 saturated heterocycles. The minimum absolute atomic E-state index is 0.0554. The summed E-state index contributed by atoms with van der Waals surface area (Å²) in [6.07, 6.45) is -0.518. The number of anilines is 1. The minimum Gasteiger partial charge on any atom is -0.388 e. The van der Waals surface area contributed by atoms with Crippen molar-refractivity contribution in [2.24, 2.45) is 5.92 Å². The maximum Gasteiger partial charge on any atom is 0.280 e. The Morgan fingerprint density at radius 1 is 1.14 bits per heavy atom. The smallest absolute Gasteiger partial charge is 0.280 e. The Balaban J connectivity index is 1.04. The molecule has 0 amide bonds. The van der Waals surface area contributed by atoms with Gasteiger partial charge in [-0.15, -0.1) is 0 Å². The number of nitrogens with zero attached hydrogens (tertiary/aromatic N) is 6. The van der Waals surface area contributed by atoms with Gasteiger partial charge in [0.2, 0.25) is 5.95 Å². The standard InChI is InChI=1S/C22H27N9O10P2/c23-21-28-16-11(18(34)29-21)27-7-31(16)20-13(41-35)14-22(40-20,3-36-14)4-43-38-1-8-9(2-37-42)39-19(12(8)32)30-6-26-10-15(30)24-5-25-17(10)33/h5-9,12-14,19-20,32,35,43H,1-4,42H2,(H,24,25,33)(H3,23,28,29,34)/t8-,9-,12-,13-,14+,19-,20-,22-/m1/s1. The molecular formula is C22H27N9O10P2. The number of nitrogens with two attached hydrogens (primary N) is 1. The largest absolute Gasteiger partial charge is 0.388 e. The molecular weight excluding hydrogens is 612 g/mol. The molecule has 0 aliphatic carbocycles. The van der Waals surface area contributed by atoms with E-state index in [9.17, 15) is 20.0 Å². The number of ether oxygens (including phenoxy) is 3. The number of nitrogens with one attached hydrogen (secondary N) is 2. The number of hydrogen-bond acceptors (Lipinski definition) is 15. The molecule has 6 N–H and O–H groups in total. The van der Waals surface area contributed by atoms with Crippen LogP contribution in [0.15, 0.2) is 28.6 Å². The molecule has 3 aliphatic heterocycles. The van der Waals surface area contributed by atoms with Gasteiger partial charge in [-0.1, -0.05) is 0 Å². The molecule has 0 aromatic carbocycles. The lowest BCUT2D eigenvalue weighted by molar-refractivity contribution is -0.316. The first kappa shape index (κ1) is 28.8. The molecule has 7 heterocycles. The lowest BCUT2D eigenvalue weighted by Crippen LogP contribution is -2.60. The molecule has 230 valence electrons. The van der Waals surface area contributed by atoms with Gasteiger partial charge in [0, 0.05) is 30.4 Å². The number of rotatable bonds is 10. The molecule has 0 bridgehead atoms. The first-order valence-corrected chi connectivity index (χ1v) is 14.7. The quantitative estimate of drug-likeness (QED) is 0.0582. The molecule has 3 fully saturated rings. The second-order valence-corrected chi connectivity index (χ2v) is 11.7. The van der Waals surface area contributed by atoms with Gasteiger partial charge in [0.25, 0.3) is 11.1 Å². The first-order valence-electron chi connectivity index (χ1n) is 13.1. The van der Waals surface area contributed by atoms with E-state index in [1.807, 2.05) is 0 Å². The summed E-state index contributed by atoms with van der Waals surface area (Å²) in [6.45, 7) is 0.503. The minimum atomic E-state index is -1.02. The highest BCUT2D eigenvalue weighted by Gasteiger charge is 2.64. The number of fused-ring (bicyclic) bond motifs is 3. The predicted octanol–water partition coefficient (Wildman–Crippen LogP) is -1.35. The molecule has 43 heavy (non-hydrogen) atoms. The van der Waals surface area contributed by atoms with Crippen LogP contribution in [0.4, 0.5) is 5.95 Å². The van der Waals surface area contributed by atoms with Crippen molar-refractivity contribution in [3.05, 3.63) is 39.7 Å². The van der Waals surface area contributed by atoms with Gasteiger partial charge in [0.05, 0.1) is 44.9 Å². The molecule has 2 unspecified atom stereocenters. The van der Waals surface area contributed by atoms with Gasteiger partial charge >= 0.3 is 0 Å². The average molecular weight is 639 g/mol. The third-order valence-electron chi connectivity index (χ3n) is 7.98. The summed E-state index contributed by atoms with van der Waals surface area (Å²) in [5, 5.41) is 21.0. The highest BCUT2D eigenvalue weighted by molar-refractivity contribution is 7.32. The van der Waals surface area contributed by atoms with Crippen LogP contribution in [0.2, 0.25) is 0 Å². The Morgan fingerprint density at radius 2 is 1.91 bits per heavy atom. The molecule has 0 spiro atoms. The highest BCUT2D eigenvalue weighted by Crippen LogP contribution is 2.49. The summed E-state index contributed by atoms with van der Waals surface area (Å²) in [5.74, 6) is -0.583. The van der Waals surface area contributed by atoms with Gasteiger partial charge < -0.3 is 39.1 Å². The molecule has 4 aromatic rings. The van der Waals surface area contributed by atoms with E-state index < -0.39 is 59.5 Å². The summed E-state index contributed by atoms with van der Waals surface area (Å²) in [5.41, 5.74) is 4.58. The van der Waals surface area contributed by atoms with E-state index in [0.29, 0.717) is 6.16 Å². The van der Waals surface area contributed by atoms with Crippen molar-refractivity contribution in [1.29, 1.82) is 0 Å². The molecule has 0 radical (unpaired) electrons. The van der Waals surface area contributed by atoms with Gasteiger partial charge in [-0.25, -0.2) is 19.8 Å². The fourth-order valence-corrected chi connectivity index (χ4v) is 7.06. The number of nitrogen functional groups attached to an aromatic ring is 1. The second-order valence-electron chi connectivity index (χ2n) is 10.4. The number of hydrogen-bond donors (Lipinski definition) is 5. The van der Waals surface area contributed by atoms with E-state index in [-0.39, 0.29) is 56.9 Å². The van der Waals surface area contributed by atoms with Gasteiger partial charge in [-0.3, -0.25) is 29.0 Å². The number of aliphatic hydroxyl groups is 1. The third kappa shape index (κ3) is 4.67. The Kier molecular flexibility index (Phi) is 7.49. The fourth-order valence-electron chi connectivity index (χ4n) is 5.83. The van der Waals surface area contributed by atoms with E-state index in [4.69, 9.17) is 33.9 Å². The van der Waals surface area contributed by atoms with E-state index in [0.717, 1.165) is 0 Å². The average Bonchev–Trinajstić information content (AvgIpc) is 3.71. The summed E-state index contributed by atoms with van der Waals surface area (Å²) in [7, 11) is 2.07. The van der Waals surface area contributed by atoms with E-state index >= 15 is 0 Å². The van der Waals surface area contributed by atoms with Gasteiger partial charge in [-0.2, -0.15) is 4.98 Å². The zero-order valence-corrected chi connectivity index (χ0v) is 24.3. The predicted molar refractivity (Wildman–Crippen MR) is 149 cm³/mol. The Morgan fingerprint density at radius 3 is 2.63 bits per heavy atom. The molecule has 7 rings (SSSR count). The molecule has 0 saturated carbocycles. The van der Waals surface area contributed by atoms with Crippen LogP contribution < -0.4 is 16.9 Å². The topological polar surface area (TPSA) is 249 Å². The number of H-pyrrole nitrogens is 2. The normalized spacial score (nSPS) is 32.3. The van der Waals surface area contributed by atoms with Crippen molar-refractivity contribution in [3.63, 3.8) is 0 Å². The van der Waals surface area contributed by atoms with Gasteiger partial charge in [-0.05, 0) is 0 Å². The fraction of sp³-hybridized carbons (Fsp3) is 0.545. The van der Waals surface area contributed by atoms with E-state index in [1.54, 1.807) is 0 Å². The van der Waals surface area contributed by atoms with Crippen LogP contribution in [-0.2, 0) is 28.1 Å². The maximum atomic E-state index is 12.2. The number of imidazole rings is 2. The SMILES string of the molecule is Nc1nc2c(ncn2[C@@H]2O[C@@]3(CPOC[C@H]4[C@@H](O)[C@H](n5cnc6c(=O)[nH]cnc65)O[C@@H]4COP)CO[C@H]3[C@H]2OO)c(=O)[nH]1. The summed E-state index contributed by atoms with van der Waals surface area (Å²) < 4.78 is 32.4. The van der Waals surface area contributed by atoms with Crippen molar-refractivity contribution >= 4 is 46.6 Å². The van der Waals surface area contributed by atoms with Crippen molar-refractivity contribution < 1.29 is 38.5 Å². The van der Waals surface area contributed by atoms with Crippen LogP contribution in [-0.4, -0.2) is 105 Å². The lowest BCUT2D eigenvalue weighted by atomic mass is 9.92. The monoisotopic (exact) mass is 639 g/mol. The van der Waals surface area contributed by atoms with Crippen molar-refractivity contribution in [3.8, 4) is 0 Å². The van der Waals surface area contributed by atoms with Crippen LogP contribution in [0.25, 0.3) is 22.3 Å². The summed E-state index contributed by atoms with van der Waals surface area (Å²) in [6, 6.07) is 0. The van der Waals surface area contributed by atoms with Crippen LogP contribution in [0.1, 0.15) is 12.5 Å². The van der Waals surface area contributed by atoms with Gasteiger partial charge in [0.15, 0.2) is 40.9 Å². The van der Waals surface area contributed by atoms with Crippen molar-refractivity contribution in [2.45, 2.75) is 42.5 Å². The molecule has 3 aliphatic rings. The van der Waals surface area contributed by atoms with Crippen LogP contribution >= 0.6 is 18.3 Å². The zero-order chi connectivity index (χ0) is 29.9. The highest BCUT2D eigenvalue weighted by atomic mass is 31.1. The maximum absolute atomic E-state index is 12.2. The number of aromatic amines is 2.